The maximum Gasteiger partial charge on any atom is 0.119 e. The van der Waals surface area contributed by atoms with Gasteiger partial charge in [-0.3, -0.25) is 9.97 Å². The third-order valence-corrected chi connectivity index (χ3v) is 17.7. The highest BCUT2D eigenvalue weighted by atomic mass is 16.6. The molecule has 0 unspecified atom stereocenters. The number of aliphatic hydroxyl groups is 2. The van der Waals surface area contributed by atoms with E-state index in [-0.39, 0.29) is 39.6 Å². The van der Waals surface area contributed by atoms with Crippen molar-refractivity contribution in [3.05, 3.63) is 165 Å². The largest absolute Gasteiger partial charge is 0.494 e. The summed E-state index contributed by atoms with van der Waals surface area (Å²) in [5, 5.41) is 18.7. The van der Waals surface area contributed by atoms with Crippen LogP contribution >= 0.6 is 0 Å². The Morgan fingerprint density at radius 3 is 0.864 bits per heavy atom. The van der Waals surface area contributed by atoms with Gasteiger partial charge in [0.2, 0.25) is 0 Å². The molecule has 12 bridgehead atoms. The lowest BCUT2D eigenvalue weighted by Crippen LogP contribution is -2.15. The van der Waals surface area contributed by atoms with Crippen molar-refractivity contribution >= 4 is 46.4 Å². The molecule has 24 nitrogen and oxygen atoms in total. The standard InChI is InChI=1S/C86H104N6O18/c93-29-5-1-3-7-31-109-73-15-11-67(12-16-73)85-81-25-21-77(89-81)75(19-9-65-57-69-61-105-53-49-101-45-41-97-37-33-95-34-38-98-42-46-102-50-54-106-62-70(58-65)87-69)79-23-27-83(91-79)86(68-13-17-74(18-14-68)110-32-8-4-2-6-30-94)84-28-24-80(92-84)76(78-22-26-82(85)90-78)20-10-66-59-71-63-107-55-51-103-47-43-99-39-35-96-36-40-100-44-48-104-52-56-108-64-72(60-66)88-71/h11-18,21-28,57-60,89,92-94H,1-8,29-56,61-64H2. The summed E-state index contributed by atoms with van der Waals surface area (Å²) < 4.78 is 94.3. The van der Waals surface area contributed by atoms with Gasteiger partial charge in [-0.2, -0.15) is 0 Å². The van der Waals surface area contributed by atoms with Crippen molar-refractivity contribution in [2.75, 3.05) is 185 Å². The molecule has 0 amide bonds. The second-order valence-electron chi connectivity index (χ2n) is 26.0. The fourth-order valence-electron chi connectivity index (χ4n) is 12.2. The van der Waals surface area contributed by atoms with Gasteiger partial charge in [0.25, 0.3) is 0 Å². The summed E-state index contributed by atoms with van der Waals surface area (Å²) in [6.45, 7) is 12.4. The molecule has 24 heteroatoms. The van der Waals surface area contributed by atoms with Crippen LogP contribution in [-0.4, -0.2) is 225 Å². The molecule has 0 saturated heterocycles. The van der Waals surface area contributed by atoms with Gasteiger partial charge in [0.15, 0.2) is 0 Å². The number of unbranched alkanes of at least 4 members (excludes halogenated alkanes) is 6. The van der Waals surface area contributed by atoms with Gasteiger partial charge in [0.05, 0.1) is 266 Å². The van der Waals surface area contributed by atoms with Gasteiger partial charge in [-0.1, -0.05) is 60.8 Å². The molecule has 0 saturated carbocycles. The Morgan fingerprint density at radius 2 is 0.564 bits per heavy atom. The van der Waals surface area contributed by atoms with E-state index in [0.29, 0.717) is 251 Å². The molecule has 2 aromatic carbocycles. The number of pyridine rings is 2. The summed E-state index contributed by atoms with van der Waals surface area (Å²) in [5.74, 6) is 15.8. The molecule has 586 valence electrons. The van der Waals surface area contributed by atoms with Crippen molar-refractivity contribution in [2.45, 2.75) is 77.8 Å². The monoisotopic (exact) mass is 1510 g/mol. The van der Waals surface area contributed by atoms with Crippen LogP contribution < -0.4 is 9.47 Å². The maximum atomic E-state index is 9.36. The van der Waals surface area contributed by atoms with E-state index in [1.54, 1.807) is 0 Å². The summed E-state index contributed by atoms with van der Waals surface area (Å²) in [6, 6.07) is 32.2. The first-order valence-corrected chi connectivity index (χ1v) is 38.5. The van der Waals surface area contributed by atoms with Gasteiger partial charge in [-0.15, -0.1) is 0 Å². The molecule has 5 aromatic heterocycles. The lowest BCUT2D eigenvalue weighted by Gasteiger charge is -2.10. The van der Waals surface area contributed by atoms with Crippen LogP contribution in [-0.2, 0) is 92.7 Å². The quantitative estimate of drug-likeness (QED) is 0.0517. The molecule has 4 N–H and O–H groups in total. The summed E-state index contributed by atoms with van der Waals surface area (Å²) in [6.07, 6.45) is 15.2. The van der Waals surface area contributed by atoms with Crippen LogP contribution in [0.2, 0.25) is 0 Å². The normalized spacial score (nSPS) is 16.6. The van der Waals surface area contributed by atoms with Gasteiger partial charge < -0.3 is 96.0 Å². The van der Waals surface area contributed by atoms with Crippen LogP contribution in [0.5, 0.6) is 11.5 Å². The Bertz CT molecular complexity index is 3940. The molecule has 7 aromatic rings. The second-order valence-corrected chi connectivity index (χ2v) is 26.0. The van der Waals surface area contributed by atoms with Crippen molar-refractivity contribution in [2.24, 2.45) is 0 Å². The SMILES string of the molecule is OCCCCCCOc1ccc(-c2c3nc(c(C#Cc4cc5nc(c4)COCCOCCOCCOCCOCCOCCOC5)c4ccc([nH]4)c(-c4ccc(OCCCCCCO)cc4)c4nc(c(C#Cc5cc6nc(c5)COCCOCCOCCOCCOCCOCCOC6)c5ccc2[nH]5)C=C4)C=C3)cc1. The number of aliphatic hydroxyl groups excluding tert-OH is 2. The molecule has 0 aliphatic carbocycles. The van der Waals surface area contributed by atoms with E-state index in [0.717, 1.165) is 96.2 Å². The number of rotatable bonds is 16. The topological polar surface area (TPSA) is 271 Å². The van der Waals surface area contributed by atoms with Gasteiger partial charge in [0, 0.05) is 46.5 Å². The van der Waals surface area contributed by atoms with E-state index in [1.165, 1.54) is 0 Å². The first kappa shape index (κ1) is 82.4. The zero-order valence-corrected chi connectivity index (χ0v) is 63.0. The Morgan fingerprint density at radius 1 is 0.291 bits per heavy atom. The first-order valence-electron chi connectivity index (χ1n) is 38.5. The van der Waals surface area contributed by atoms with Gasteiger partial charge in [0.1, 0.15) is 11.5 Å². The average molecular weight is 1510 g/mol. The van der Waals surface area contributed by atoms with Crippen molar-refractivity contribution in [3.63, 3.8) is 0 Å². The second kappa shape index (κ2) is 48.3. The highest BCUT2D eigenvalue weighted by Crippen LogP contribution is 2.36. The summed E-state index contributed by atoms with van der Waals surface area (Å²) in [4.78, 5) is 28.6. The molecular weight excluding hydrogens is 1400 g/mol. The van der Waals surface area contributed by atoms with Crippen LogP contribution in [0, 0.1) is 23.7 Å². The van der Waals surface area contributed by atoms with E-state index >= 15 is 0 Å². The number of nitrogens with zero attached hydrogens (tertiary/aromatic N) is 4. The van der Waals surface area contributed by atoms with Crippen LogP contribution in [0.3, 0.4) is 0 Å². The minimum atomic E-state index is 0.184. The molecule has 0 fully saturated rings. The van der Waals surface area contributed by atoms with Crippen molar-refractivity contribution < 1.29 is 86.0 Å². The van der Waals surface area contributed by atoms with Crippen molar-refractivity contribution in [3.8, 4) is 57.4 Å². The molecule has 9 heterocycles. The first-order chi connectivity index (χ1) is 54.5. The lowest BCUT2D eigenvalue weighted by atomic mass is 10.0. The average Bonchev–Trinajstić information content (AvgIpc) is 1.67. The van der Waals surface area contributed by atoms with Crippen LogP contribution in [0.1, 0.15) is 119 Å². The number of benzene rings is 2. The zero-order valence-electron chi connectivity index (χ0n) is 63.0. The Labute approximate surface area is 644 Å². The van der Waals surface area contributed by atoms with Gasteiger partial charge in [-0.05, 0) is 147 Å². The summed E-state index contributed by atoms with van der Waals surface area (Å²) in [7, 11) is 0. The highest BCUT2D eigenvalue weighted by molar-refractivity contribution is 5.95. The molecule has 0 spiro atoms. The number of H-pyrrole nitrogens is 2. The molecule has 11 rings (SSSR count). The predicted octanol–water partition coefficient (Wildman–Crippen LogP) is 11.7. The van der Waals surface area contributed by atoms with E-state index in [9.17, 15) is 10.2 Å². The smallest absolute Gasteiger partial charge is 0.119 e. The molecule has 110 heavy (non-hydrogen) atoms. The predicted molar refractivity (Wildman–Crippen MR) is 419 cm³/mol. The molecule has 0 radical (unpaired) electrons. The summed E-state index contributed by atoms with van der Waals surface area (Å²) in [5.41, 5.74) is 14.4. The fourth-order valence-corrected chi connectivity index (χ4v) is 12.2. The Balaban J connectivity index is 1.02. The fraction of sp³-hybridized carbons (Fsp3) is 0.465. The van der Waals surface area contributed by atoms with Gasteiger partial charge >= 0.3 is 0 Å². The number of nitrogens with one attached hydrogen (secondary N) is 2. The molecule has 4 aliphatic rings. The molecule has 4 aliphatic heterocycles. The lowest BCUT2D eigenvalue weighted by molar-refractivity contribution is -0.0224. The highest BCUT2D eigenvalue weighted by Gasteiger charge is 2.19. The number of fused-ring (bicyclic) bond motifs is 12. The zero-order chi connectivity index (χ0) is 75.5. The van der Waals surface area contributed by atoms with E-state index in [2.05, 4.69) is 70.0 Å². The minimum absolute atomic E-state index is 0.184. The number of aromatic nitrogens is 6. The van der Waals surface area contributed by atoms with Gasteiger partial charge in [-0.25, -0.2) is 9.97 Å². The van der Waals surface area contributed by atoms with Crippen LogP contribution in [0.4, 0.5) is 0 Å². The van der Waals surface area contributed by atoms with Crippen LogP contribution in [0.25, 0.3) is 68.6 Å². The third kappa shape index (κ3) is 28.0. The Kier molecular flexibility index (Phi) is 36.1. The van der Waals surface area contributed by atoms with E-state index < -0.39 is 0 Å². The number of hydrogen-bond acceptors (Lipinski definition) is 22. The van der Waals surface area contributed by atoms with E-state index in [4.69, 9.17) is 95.7 Å². The van der Waals surface area contributed by atoms with E-state index in [1.807, 2.05) is 85.0 Å². The van der Waals surface area contributed by atoms with Crippen molar-refractivity contribution in [1.29, 1.82) is 0 Å². The van der Waals surface area contributed by atoms with Crippen LogP contribution in [0.15, 0.2) is 97.1 Å². The number of hydrogen-bond donors (Lipinski definition) is 4. The number of aromatic amines is 2. The molecule has 0 atom stereocenters. The molecular formula is C86H104N6O18. The number of ether oxygens (including phenoxy) is 16. The summed E-state index contributed by atoms with van der Waals surface area (Å²) >= 11 is 0. The van der Waals surface area contributed by atoms with Crippen molar-refractivity contribution in [1.82, 2.24) is 29.9 Å². The minimum Gasteiger partial charge on any atom is -0.494 e. The third-order valence-electron chi connectivity index (χ3n) is 17.7. The maximum absolute atomic E-state index is 9.36. The Hall–Kier alpha value is -8.58.